The summed E-state index contributed by atoms with van der Waals surface area (Å²) < 4.78 is 4.72. The smallest absolute Gasteiger partial charge is 0.329 e. The number of aliphatic carboxylic acids is 1. The van der Waals surface area contributed by atoms with E-state index >= 15 is 0 Å². The Hall–Kier alpha value is -2.02. The highest BCUT2D eigenvalue weighted by atomic mass is 32.2. The van der Waals surface area contributed by atoms with Crippen molar-refractivity contribution in [1.29, 1.82) is 0 Å². The Morgan fingerprint density at radius 3 is 2.10 bits per heavy atom. The lowest BCUT2D eigenvalue weighted by molar-refractivity contribution is -0.144. The van der Waals surface area contributed by atoms with Crippen LogP contribution in [0, 0.1) is 0 Å². The van der Waals surface area contributed by atoms with Crippen LogP contribution in [0.15, 0.2) is 34.9 Å². The number of hydrogen-bond donors (Lipinski definition) is 2. The first-order valence-corrected chi connectivity index (χ1v) is 11.4. The molecular weight excluding hydrogens is 402 g/mol. The number of rotatable bonds is 15. The molecule has 30 heavy (non-hydrogen) atoms. The zero-order valence-corrected chi connectivity index (χ0v) is 19.8. The fourth-order valence-electron chi connectivity index (χ4n) is 2.52. The van der Waals surface area contributed by atoms with E-state index in [4.69, 9.17) is 9.84 Å². The second-order valence-corrected chi connectivity index (χ2v) is 8.61. The molecule has 0 aromatic heterocycles. The van der Waals surface area contributed by atoms with E-state index in [1.54, 1.807) is 0 Å². The minimum absolute atomic E-state index is 0.159. The number of carboxylic acids is 1. The lowest BCUT2D eigenvalue weighted by Gasteiger charge is -2.15. The van der Waals surface area contributed by atoms with Gasteiger partial charge in [0.15, 0.2) is 0 Å². The van der Waals surface area contributed by atoms with E-state index in [1.165, 1.54) is 35.6 Å². The standard InChI is InChI=1S/C23H37NO5S/c1-17(2)8-6-9-18(3)10-7-11-19(4)14-15-30-16-20(23(28)29-5)24-21(25)12-13-22(26)27/h8,10,14,20H,6-7,9,11-13,15-16H2,1-5H3,(H,24,25)(H,26,27)/b18-10+,19-14+. The van der Waals surface area contributed by atoms with E-state index in [9.17, 15) is 14.4 Å². The molecule has 0 aromatic carbocycles. The highest BCUT2D eigenvalue weighted by Gasteiger charge is 2.21. The summed E-state index contributed by atoms with van der Waals surface area (Å²) in [5, 5.41) is 11.2. The zero-order chi connectivity index (χ0) is 22.9. The average molecular weight is 440 g/mol. The molecule has 0 spiro atoms. The van der Waals surface area contributed by atoms with Crippen LogP contribution in [0.5, 0.6) is 0 Å². The first kappa shape index (κ1) is 28.0. The van der Waals surface area contributed by atoms with Crippen LogP contribution in [0.2, 0.25) is 0 Å². The lowest BCUT2D eigenvalue weighted by Crippen LogP contribution is -2.43. The Kier molecular flexibility index (Phi) is 15.6. The van der Waals surface area contributed by atoms with E-state index in [0.29, 0.717) is 5.75 Å². The third-order valence-electron chi connectivity index (χ3n) is 4.34. The van der Waals surface area contributed by atoms with Gasteiger partial charge in [0, 0.05) is 17.9 Å². The van der Waals surface area contributed by atoms with E-state index in [1.807, 2.05) is 0 Å². The number of methoxy groups -OCH3 is 1. The van der Waals surface area contributed by atoms with Gasteiger partial charge in [-0.15, -0.1) is 0 Å². The SMILES string of the molecule is COC(=O)C(CSC/C=C(\C)CC/C=C(\C)CCC=C(C)C)NC(=O)CCC(=O)O. The Labute approximate surface area is 185 Å². The molecule has 6 nitrogen and oxygen atoms in total. The number of esters is 1. The van der Waals surface area contributed by atoms with Crippen LogP contribution in [0.3, 0.4) is 0 Å². The van der Waals surface area contributed by atoms with Crippen molar-refractivity contribution in [2.75, 3.05) is 18.6 Å². The first-order valence-electron chi connectivity index (χ1n) is 10.3. The number of allylic oxidation sites excluding steroid dienone is 5. The van der Waals surface area contributed by atoms with Crippen molar-refractivity contribution in [3.63, 3.8) is 0 Å². The van der Waals surface area contributed by atoms with Crippen molar-refractivity contribution < 1.29 is 24.2 Å². The maximum absolute atomic E-state index is 11.8. The summed E-state index contributed by atoms with van der Waals surface area (Å²) >= 11 is 1.52. The van der Waals surface area contributed by atoms with Crippen LogP contribution in [-0.2, 0) is 19.1 Å². The molecule has 0 aliphatic heterocycles. The number of carboxylic acid groups (broad SMARTS) is 1. The predicted octanol–water partition coefficient (Wildman–Crippen LogP) is 4.66. The van der Waals surface area contributed by atoms with Crippen molar-refractivity contribution >= 4 is 29.6 Å². The summed E-state index contributed by atoms with van der Waals surface area (Å²) in [7, 11) is 1.27. The van der Waals surface area contributed by atoms with Crippen LogP contribution in [0.25, 0.3) is 0 Å². The minimum Gasteiger partial charge on any atom is -0.481 e. The van der Waals surface area contributed by atoms with Gasteiger partial charge >= 0.3 is 11.9 Å². The van der Waals surface area contributed by atoms with Crippen molar-refractivity contribution in [2.45, 2.75) is 72.3 Å². The van der Waals surface area contributed by atoms with Gasteiger partial charge in [-0.05, 0) is 53.4 Å². The molecule has 1 unspecified atom stereocenters. The molecule has 1 atom stereocenters. The van der Waals surface area contributed by atoms with E-state index in [0.717, 1.165) is 31.4 Å². The largest absolute Gasteiger partial charge is 0.481 e. The summed E-state index contributed by atoms with van der Waals surface area (Å²) in [6.07, 6.45) is 10.5. The monoisotopic (exact) mass is 439 g/mol. The Morgan fingerprint density at radius 1 is 0.933 bits per heavy atom. The fourth-order valence-corrected chi connectivity index (χ4v) is 3.52. The highest BCUT2D eigenvalue weighted by molar-refractivity contribution is 7.99. The van der Waals surface area contributed by atoms with Crippen molar-refractivity contribution in [1.82, 2.24) is 5.32 Å². The van der Waals surface area contributed by atoms with Crippen LogP contribution in [0.4, 0.5) is 0 Å². The number of nitrogens with one attached hydrogen (secondary N) is 1. The van der Waals surface area contributed by atoms with Gasteiger partial charge in [-0.2, -0.15) is 11.8 Å². The molecular formula is C23H37NO5S. The predicted molar refractivity (Wildman–Crippen MR) is 124 cm³/mol. The molecule has 7 heteroatoms. The third kappa shape index (κ3) is 15.9. The van der Waals surface area contributed by atoms with Crippen molar-refractivity contribution in [2.24, 2.45) is 0 Å². The number of hydrogen-bond acceptors (Lipinski definition) is 5. The van der Waals surface area contributed by atoms with Crippen LogP contribution in [-0.4, -0.2) is 47.6 Å². The van der Waals surface area contributed by atoms with Gasteiger partial charge in [-0.1, -0.05) is 34.9 Å². The Balaban J connectivity index is 4.32. The maximum Gasteiger partial charge on any atom is 0.329 e. The molecule has 0 radical (unpaired) electrons. The lowest BCUT2D eigenvalue weighted by atomic mass is 10.1. The highest BCUT2D eigenvalue weighted by Crippen LogP contribution is 2.13. The normalized spacial score (nSPS) is 12.8. The summed E-state index contributed by atoms with van der Waals surface area (Å²) in [6.45, 7) is 8.50. The Morgan fingerprint density at radius 2 is 1.53 bits per heavy atom. The van der Waals surface area contributed by atoms with Gasteiger partial charge in [0.1, 0.15) is 6.04 Å². The van der Waals surface area contributed by atoms with E-state index in [-0.39, 0.29) is 12.8 Å². The molecule has 0 bridgehead atoms. The molecule has 0 aliphatic rings. The summed E-state index contributed by atoms with van der Waals surface area (Å²) in [4.78, 5) is 34.2. The van der Waals surface area contributed by atoms with Crippen LogP contribution in [0.1, 0.15) is 66.2 Å². The van der Waals surface area contributed by atoms with Gasteiger partial charge in [0.05, 0.1) is 13.5 Å². The molecule has 0 saturated heterocycles. The fraction of sp³-hybridized carbons (Fsp3) is 0.609. The van der Waals surface area contributed by atoms with Crippen LogP contribution < -0.4 is 5.32 Å². The second kappa shape index (κ2) is 16.7. The zero-order valence-electron chi connectivity index (χ0n) is 19.0. The summed E-state index contributed by atoms with van der Waals surface area (Å²) in [6, 6.07) is -0.776. The molecule has 1 amide bonds. The van der Waals surface area contributed by atoms with Crippen molar-refractivity contribution in [3.05, 3.63) is 34.9 Å². The maximum atomic E-state index is 11.8. The van der Waals surface area contributed by atoms with Crippen molar-refractivity contribution in [3.8, 4) is 0 Å². The average Bonchev–Trinajstić information content (AvgIpc) is 2.67. The molecule has 0 saturated carbocycles. The molecule has 0 aliphatic carbocycles. The molecule has 0 fully saturated rings. The Bertz CT molecular complexity index is 648. The number of amides is 1. The quantitative estimate of drug-likeness (QED) is 0.219. The summed E-state index contributed by atoms with van der Waals surface area (Å²) in [5.41, 5.74) is 4.05. The summed E-state index contributed by atoms with van der Waals surface area (Å²) in [5.74, 6) is -0.938. The second-order valence-electron chi connectivity index (χ2n) is 7.53. The number of carbonyl (C=O) groups is 3. The minimum atomic E-state index is -1.05. The first-order chi connectivity index (χ1) is 14.1. The number of thioether (sulfide) groups is 1. The topological polar surface area (TPSA) is 92.7 Å². The van der Waals surface area contributed by atoms with Gasteiger partial charge in [0.2, 0.25) is 5.91 Å². The van der Waals surface area contributed by atoms with Gasteiger partial charge < -0.3 is 15.2 Å². The molecule has 170 valence electrons. The number of carbonyl (C=O) groups excluding carboxylic acids is 2. The molecule has 0 rings (SSSR count). The molecule has 2 N–H and O–H groups in total. The van der Waals surface area contributed by atoms with E-state index in [2.05, 4.69) is 51.2 Å². The van der Waals surface area contributed by atoms with Crippen LogP contribution >= 0.6 is 11.8 Å². The van der Waals surface area contributed by atoms with Gasteiger partial charge in [-0.3, -0.25) is 9.59 Å². The third-order valence-corrected chi connectivity index (χ3v) is 5.32. The van der Waals surface area contributed by atoms with Gasteiger partial charge in [-0.25, -0.2) is 4.79 Å². The molecule has 0 heterocycles. The number of ether oxygens (including phenoxy) is 1. The van der Waals surface area contributed by atoms with E-state index < -0.39 is 23.9 Å². The van der Waals surface area contributed by atoms with Gasteiger partial charge in [0.25, 0.3) is 0 Å². The molecule has 0 aromatic rings.